The average molecular weight is 287 g/mol. The first-order valence-electron chi connectivity index (χ1n) is 6.74. The molecule has 0 aromatic heterocycles. The second-order valence-corrected chi connectivity index (χ2v) is 5.69. The molecule has 1 aromatic carbocycles. The van der Waals surface area contributed by atoms with Gasteiger partial charge in [-0.15, -0.1) is 0 Å². The number of nitrogens with zero attached hydrogens (tertiary/aromatic N) is 1. The molecule has 4 heteroatoms. The SMILES string of the molecule is CCC(CC)(C(N)Cc1ccc(Cl)cc1F)N(C)C. The Kier molecular flexibility index (Phi) is 5.78. The molecule has 108 valence electrons. The van der Waals surface area contributed by atoms with E-state index in [-0.39, 0.29) is 17.4 Å². The molecule has 0 bridgehead atoms. The molecule has 0 aliphatic rings. The van der Waals surface area contributed by atoms with Crippen molar-refractivity contribution in [2.75, 3.05) is 14.1 Å². The maximum Gasteiger partial charge on any atom is 0.127 e. The summed E-state index contributed by atoms with van der Waals surface area (Å²) in [6, 6.07) is 4.66. The van der Waals surface area contributed by atoms with Crippen molar-refractivity contribution in [3.63, 3.8) is 0 Å². The summed E-state index contributed by atoms with van der Waals surface area (Å²) in [6.07, 6.45) is 2.39. The first-order chi connectivity index (χ1) is 8.87. The van der Waals surface area contributed by atoms with Gasteiger partial charge >= 0.3 is 0 Å². The number of halogens is 2. The zero-order chi connectivity index (χ0) is 14.6. The molecule has 1 rings (SSSR count). The highest BCUT2D eigenvalue weighted by Crippen LogP contribution is 2.27. The van der Waals surface area contributed by atoms with E-state index in [0.29, 0.717) is 17.0 Å². The standard InChI is InChI=1S/C15H24ClFN2/c1-5-15(6-2,19(3)4)14(18)9-11-7-8-12(16)10-13(11)17/h7-8,10,14H,5-6,9,18H2,1-4H3. The molecular weight excluding hydrogens is 263 g/mol. The Morgan fingerprint density at radius 2 is 1.89 bits per heavy atom. The number of benzene rings is 1. The van der Waals surface area contributed by atoms with E-state index < -0.39 is 0 Å². The van der Waals surface area contributed by atoms with Crippen molar-refractivity contribution < 1.29 is 4.39 Å². The van der Waals surface area contributed by atoms with E-state index >= 15 is 0 Å². The maximum atomic E-state index is 13.9. The van der Waals surface area contributed by atoms with Gasteiger partial charge in [0.25, 0.3) is 0 Å². The van der Waals surface area contributed by atoms with E-state index in [1.165, 1.54) is 6.07 Å². The highest BCUT2D eigenvalue weighted by atomic mass is 35.5. The van der Waals surface area contributed by atoms with Crippen LogP contribution < -0.4 is 5.73 Å². The molecule has 1 unspecified atom stereocenters. The van der Waals surface area contributed by atoms with Gasteiger partial charge in [-0.3, -0.25) is 0 Å². The third kappa shape index (κ3) is 3.47. The second kappa shape index (κ2) is 6.69. The van der Waals surface area contributed by atoms with Gasteiger partial charge < -0.3 is 10.6 Å². The van der Waals surface area contributed by atoms with Crippen molar-refractivity contribution in [1.29, 1.82) is 0 Å². The molecular formula is C15H24ClFN2. The third-order valence-electron chi connectivity index (χ3n) is 4.26. The van der Waals surface area contributed by atoms with Gasteiger partial charge in [-0.05, 0) is 51.1 Å². The molecule has 0 amide bonds. The Balaban J connectivity index is 2.96. The zero-order valence-corrected chi connectivity index (χ0v) is 13.0. The molecule has 0 saturated carbocycles. The number of likely N-dealkylation sites (N-methyl/N-ethyl adjacent to an activating group) is 1. The average Bonchev–Trinajstić information content (AvgIpc) is 2.34. The smallest absolute Gasteiger partial charge is 0.127 e. The van der Waals surface area contributed by atoms with Crippen LogP contribution in [-0.4, -0.2) is 30.6 Å². The summed E-state index contributed by atoms with van der Waals surface area (Å²) < 4.78 is 13.9. The summed E-state index contributed by atoms with van der Waals surface area (Å²) in [5, 5.41) is 0.416. The van der Waals surface area contributed by atoms with E-state index in [4.69, 9.17) is 17.3 Å². The van der Waals surface area contributed by atoms with Crippen LogP contribution in [-0.2, 0) is 6.42 Å². The summed E-state index contributed by atoms with van der Waals surface area (Å²) in [5.41, 5.74) is 6.90. The minimum atomic E-state index is -0.275. The quantitative estimate of drug-likeness (QED) is 0.868. The Hall–Kier alpha value is -0.640. The van der Waals surface area contributed by atoms with E-state index in [2.05, 4.69) is 18.7 Å². The van der Waals surface area contributed by atoms with Crippen LogP contribution in [0.2, 0.25) is 5.02 Å². The van der Waals surface area contributed by atoms with Gasteiger partial charge in [-0.2, -0.15) is 0 Å². The molecule has 1 atom stereocenters. The van der Waals surface area contributed by atoms with Gasteiger partial charge in [-0.1, -0.05) is 31.5 Å². The molecule has 1 aromatic rings. The highest BCUT2D eigenvalue weighted by Gasteiger charge is 2.35. The monoisotopic (exact) mass is 286 g/mol. The largest absolute Gasteiger partial charge is 0.326 e. The predicted molar refractivity (Wildman–Crippen MR) is 80.1 cm³/mol. The maximum absolute atomic E-state index is 13.9. The summed E-state index contributed by atoms with van der Waals surface area (Å²) in [4.78, 5) is 2.16. The molecule has 0 spiro atoms. The Morgan fingerprint density at radius 1 is 1.32 bits per heavy atom. The van der Waals surface area contributed by atoms with Gasteiger partial charge in [0.05, 0.1) is 0 Å². The van der Waals surface area contributed by atoms with Gasteiger partial charge in [0.1, 0.15) is 5.82 Å². The van der Waals surface area contributed by atoms with Crippen LogP contribution in [0.4, 0.5) is 4.39 Å². The van der Waals surface area contributed by atoms with Crippen LogP contribution in [0.15, 0.2) is 18.2 Å². The number of hydrogen-bond donors (Lipinski definition) is 1. The Bertz CT molecular complexity index is 417. The van der Waals surface area contributed by atoms with Crippen molar-refractivity contribution in [1.82, 2.24) is 4.90 Å². The lowest BCUT2D eigenvalue weighted by Crippen LogP contribution is -2.57. The lowest BCUT2D eigenvalue weighted by atomic mass is 9.80. The highest BCUT2D eigenvalue weighted by molar-refractivity contribution is 6.30. The molecule has 0 aliphatic carbocycles. The fourth-order valence-corrected chi connectivity index (χ4v) is 3.01. The zero-order valence-electron chi connectivity index (χ0n) is 12.2. The molecule has 2 nitrogen and oxygen atoms in total. The summed E-state index contributed by atoms with van der Waals surface area (Å²) in [5.74, 6) is -0.275. The van der Waals surface area contributed by atoms with Gasteiger partial charge in [0, 0.05) is 16.6 Å². The molecule has 0 fully saturated rings. The number of nitrogens with two attached hydrogens (primary N) is 1. The van der Waals surface area contributed by atoms with Crippen LogP contribution in [0.5, 0.6) is 0 Å². The van der Waals surface area contributed by atoms with Gasteiger partial charge in [0.2, 0.25) is 0 Å². The molecule has 0 saturated heterocycles. The van der Waals surface area contributed by atoms with Crippen LogP contribution >= 0.6 is 11.6 Å². The summed E-state index contributed by atoms with van der Waals surface area (Å²) in [7, 11) is 4.07. The lowest BCUT2D eigenvalue weighted by Gasteiger charge is -2.43. The number of hydrogen-bond acceptors (Lipinski definition) is 2. The van der Waals surface area contributed by atoms with Gasteiger partial charge in [0.15, 0.2) is 0 Å². The van der Waals surface area contributed by atoms with Crippen molar-refractivity contribution in [2.24, 2.45) is 5.73 Å². The lowest BCUT2D eigenvalue weighted by molar-refractivity contribution is 0.105. The van der Waals surface area contributed by atoms with Crippen molar-refractivity contribution in [2.45, 2.75) is 44.7 Å². The van der Waals surface area contributed by atoms with E-state index in [1.807, 2.05) is 14.1 Å². The number of rotatable bonds is 6. The Labute approximate surface area is 120 Å². The minimum Gasteiger partial charge on any atom is -0.326 e. The Morgan fingerprint density at radius 3 is 2.32 bits per heavy atom. The summed E-state index contributed by atoms with van der Waals surface area (Å²) >= 11 is 5.77. The van der Waals surface area contributed by atoms with E-state index in [0.717, 1.165) is 12.8 Å². The molecule has 19 heavy (non-hydrogen) atoms. The first kappa shape index (κ1) is 16.4. The third-order valence-corrected chi connectivity index (χ3v) is 4.50. The van der Waals surface area contributed by atoms with Crippen molar-refractivity contribution >= 4 is 11.6 Å². The van der Waals surface area contributed by atoms with Crippen LogP contribution in [0.25, 0.3) is 0 Å². The topological polar surface area (TPSA) is 29.3 Å². The van der Waals surface area contributed by atoms with Crippen molar-refractivity contribution in [3.8, 4) is 0 Å². The molecule has 0 heterocycles. The van der Waals surface area contributed by atoms with E-state index in [9.17, 15) is 4.39 Å². The van der Waals surface area contributed by atoms with E-state index in [1.54, 1.807) is 12.1 Å². The van der Waals surface area contributed by atoms with Crippen LogP contribution in [0.3, 0.4) is 0 Å². The fourth-order valence-electron chi connectivity index (χ4n) is 2.85. The molecule has 2 N–H and O–H groups in total. The summed E-state index contributed by atoms with van der Waals surface area (Å²) in [6.45, 7) is 4.25. The van der Waals surface area contributed by atoms with Crippen LogP contribution in [0.1, 0.15) is 32.3 Å². The normalized spacial score (nSPS) is 13.9. The predicted octanol–water partition coefficient (Wildman–Crippen LogP) is 3.47. The van der Waals surface area contributed by atoms with Crippen molar-refractivity contribution in [3.05, 3.63) is 34.6 Å². The fraction of sp³-hybridized carbons (Fsp3) is 0.600. The molecule has 0 aliphatic heterocycles. The minimum absolute atomic E-state index is 0.105. The first-order valence-corrected chi connectivity index (χ1v) is 7.12. The van der Waals surface area contributed by atoms with Gasteiger partial charge in [-0.25, -0.2) is 4.39 Å². The molecule has 0 radical (unpaired) electrons. The second-order valence-electron chi connectivity index (χ2n) is 5.25. The van der Waals surface area contributed by atoms with Crippen LogP contribution in [0, 0.1) is 5.82 Å².